The number of aliphatic hydroxyl groups excluding tert-OH is 6. The summed E-state index contributed by atoms with van der Waals surface area (Å²) in [5.41, 5.74) is 0. The summed E-state index contributed by atoms with van der Waals surface area (Å²) in [5, 5.41) is 62.1. The third-order valence-corrected chi connectivity index (χ3v) is 7.50. The van der Waals surface area contributed by atoms with Crippen molar-refractivity contribution in [3.8, 4) is 0 Å². The van der Waals surface area contributed by atoms with Gasteiger partial charge in [0.2, 0.25) is 5.79 Å². The van der Waals surface area contributed by atoms with E-state index in [9.17, 15) is 40.2 Å². The van der Waals surface area contributed by atoms with Crippen molar-refractivity contribution in [2.24, 2.45) is 0 Å². The highest BCUT2D eigenvalue weighted by atomic mass is 16.8. The van der Waals surface area contributed by atoms with Crippen molar-refractivity contribution in [2.75, 3.05) is 19.8 Å². The summed E-state index contributed by atoms with van der Waals surface area (Å²) in [5.74, 6) is -3.48. The molecule has 0 aromatic rings. The minimum Gasteiger partial charge on any atom is -0.463 e. The fraction of sp³-hybridized carbons (Fsp3) is 0.929. The normalized spacial score (nSPS) is 33.6. The zero-order valence-electron chi connectivity index (χ0n) is 24.3. The van der Waals surface area contributed by atoms with Gasteiger partial charge in [0.1, 0.15) is 49.8 Å². The highest BCUT2D eigenvalue weighted by molar-refractivity contribution is 5.70. The third kappa shape index (κ3) is 10.4. The van der Waals surface area contributed by atoms with Crippen molar-refractivity contribution >= 4 is 11.9 Å². The van der Waals surface area contributed by atoms with E-state index in [1.807, 2.05) is 0 Å². The van der Waals surface area contributed by atoms with Crippen molar-refractivity contribution in [1.82, 2.24) is 0 Å². The van der Waals surface area contributed by atoms with E-state index in [0.717, 1.165) is 51.4 Å². The predicted molar refractivity (Wildman–Crippen MR) is 143 cm³/mol. The highest BCUT2D eigenvalue weighted by Gasteiger charge is 2.60. The lowest BCUT2D eigenvalue weighted by atomic mass is 9.98. The predicted octanol–water partition coefficient (Wildman–Crippen LogP) is 0.427. The Morgan fingerprint density at radius 1 is 0.732 bits per heavy atom. The molecular weight excluding hydrogens is 544 g/mol. The van der Waals surface area contributed by atoms with Gasteiger partial charge in [-0.1, -0.05) is 65.2 Å². The van der Waals surface area contributed by atoms with Gasteiger partial charge in [0.05, 0.1) is 6.61 Å². The summed E-state index contributed by atoms with van der Waals surface area (Å²) in [6.07, 6.45) is -3.64. The number of aliphatic hydroxyl groups is 6. The summed E-state index contributed by atoms with van der Waals surface area (Å²) in [4.78, 5) is 24.7. The van der Waals surface area contributed by atoms with E-state index in [1.165, 1.54) is 0 Å². The van der Waals surface area contributed by atoms with Gasteiger partial charge in [-0.25, -0.2) is 0 Å². The van der Waals surface area contributed by atoms with Crippen LogP contribution in [-0.2, 0) is 33.3 Å². The van der Waals surface area contributed by atoms with Crippen molar-refractivity contribution in [3.63, 3.8) is 0 Å². The molecule has 2 aliphatic heterocycles. The second-order valence-corrected chi connectivity index (χ2v) is 10.9. The zero-order valence-corrected chi connectivity index (χ0v) is 24.3. The first-order chi connectivity index (χ1) is 19.6. The van der Waals surface area contributed by atoms with Crippen LogP contribution in [0.25, 0.3) is 0 Å². The number of esters is 2. The van der Waals surface area contributed by atoms with Crippen LogP contribution in [0, 0.1) is 0 Å². The molecule has 2 saturated heterocycles. The van der Waals surface area contributed by atoms with Crippen molar-refractivity contribution in [3.05, 3.63) is 0 Å². The minimum atomic E-state index is -2.28. The molecule has 41 heavy (non-hydrogen) atoms. The van der Waals surface area contributed by atoms with Crippen LogP contribution in [0.5, 0.6) is 0 Å². The summed E-state index contributed by atoms with van der Waals surface area (Å²) >= 11 is 0. The van der Waals surface area contributed by atoms with Gasteiger partial charge in [0, 0.05) is 12.8 Å². The first kappa shape index (κ1) is 35.8. The fourth-order valence-electron chi connectivity index (χ4n) is 4.95. The quantitative estimate of drug-likeness (QED) is 0.0888. The maximum absolute atomic E-state index is 12.6. The molecule has 6 N–H and O–H groups in total. The van der Waals surface area contributed by atoms with Crippen molar-refractivity contribution in [1.29, 1.82) is 0 Å². The molecule has 0 bridgehead atoms. The van der Waals surface area contributed by atoms with Crippen LogP contribution < -0.4 is 0 Å². The van der Waals surface area contributed by atoms with E-state index in [2.05, 4.69) is 13.8 Å². The molecule has 0 amide bonds. The van der Waals surface area contributed by atoms with Gasteiger partial charge in [0.15, 0.2) is 12.4 Å². The molecular formula is C28H50O13. The Balaban J connectivity index is 2.06. The molecule has 2 aliphatic rings. The van der Waals surface area contributed by atoms with E-state index in [-0.39, 0.29) is 12.8 Å². The Kier molecular flexibility index (Phi) is 16.0. The van der Waals surface area contributed by atoms with E-state index >= 15 is 0 Å². The monoisotopic (exact) mass is 594 g/mol. The lowest BCUT2D eigenvalue weighted by Gasteiger charge is -2.43. The molecule has 13 nitrogen and oxygen atoms in total. The summed E-state index contributed by atoms with van der Waals surface area (Å²) in [6, 6.07) is 0. The smallest absolute Gasteiger partial charge is 0.306 e. The zero-order chi connectivity index (χ0) is 30.4. The molecule has 2 heterocycles. The lowest BCUT2D eigenvalue weighted by Crippen LogP contribution is -2.63. The van der Waals surface area contributed by atoms with Crippen LogP contribution in [0.1, 0.15) is 90.9 Å². The topological polar surface area (TPSA) is 202 Å². The number of carbonyl (C=O) groups excluding carboxylic acids is 2. The van der Waals surface area contributed by atoms with E-state index < -0.39 is 86.6 Å². The van der Waals surface area contributed by atoms with Gasteiger partial charge >= 0.3 is 11.9 Å². The Morgan fingerprint density at radius 3 is 1.88 bits per heavy atom. The molecule has 2 fully saturated rings. The van der Waals surface area contributed by atoms with Crippen LogP contribution in [-0.4, -0.2) is 117 Å². The maximum Gasteiger partial charge on any atom is 0.306 e. The van der Waals surface area contributed by atoms with Gasteiger partial charge in [-0.15, -0.1) is 0 Å². The Hall–Kier alpha value is -1.42. The largest absolute Gasteiger partial charge is 0.463 e. The van der Waals surface area contributed by atoms with Gasteiger partial charge in [0.25, 0.3) is 0 Å². The Morgan fingerprint density at radius 2 is 1.32 bits per heavy atom. The second kappa shape index (κ2) is 18.3. The molecule has 0 radical (unpaired) electrons. The van der Waals surface area contributed by atoms with E-state index in [4.69, 9.17) is 23.7 Å². The highest BCUT2D eigenvalue weighted by Crippen LogP contribution is 2.38. The molecule has 0 spiro atoms. The van der Waals surface area contributed by atoms with Crippen LogP contribution in [0.2, 0.25) is 0 Å². The maximum atomic E-state index is 12.6. The van der Waals surface area contributed by atoms with Crippen LogP contribution >= 0.6 is 0 Å². The first-order valence-electron chi connectivity index (χ1n) is 14.9. The average molecular weight is 595 g/mol. The summed E-state index contributed by atoms with van der Waals surface area (Å²) in [7, 11) is 0. The Labute approximate surface area is 241 Å². The number of unbranched alkanes of at least 4 members (excludes halogenated alkanes) is 8. The summed E-state index contributed by atoms with van der Waals surface area (Å²) < 4.78 is 27.5. The number of hydrogen-bond donors (Lipinski definition) is 6. The van der Waals surface area contributed by atoms with Crippen molar-refractivity contribution in [2.45, 2.75) is 146 Å². The van der Waals surface area contributed by atoms with Crippen molar-refractivity contribution < 1.29 is 63.9 Å². The standard InChI is InChI=1S/C28H50O13/c1-3-5-7-9-11-13-20(31)37-16-19-22(33)24(35)25(36)27(38-19)41-28(17-30)26(23(34)18(15-29)40-28)39-21(32)14-12-10-8-6-4-2/h18-19,22-27,29-30,33-36H,3-17H2,1-2H3/t18-,19-,22-,23-,24+,25-,26+,27-,28+/m1/s1. The van der Waals surface area contributed by atoms with Crippen LogP contribution in [0.3, 0.4) is 0 Å². The molecule has 0 aromatic heterocycles. The third-order valence-electron chi connectivity index (χ3n) is 7.50. The SMILES string of the molecule is CCCCCCCC(=O)OC[C@H]1O[C@H](O[C@]2(CO)O[C@H](CO)[C@@H](O)[C@@H]2OC(=O)CCCCCCC)[C@H](O)[C@@H](O)[C@@H]1O. The van der Waals surface area contributed by atoms with Crippen LogP contribution in [0.15, 0.2) is 0 Å². The van der Waals surface area contributed by atoms with Gasteiger partial charge < -0.3 is 54.3 Å². The average Bonchev–Trinajstić information content (AvgIpc) is 3.22. The number of ether oxygens (including phenoxy) is 5. The van der Waals surface area contributed by atoms with E-state index in [0.29, 0.717) is 12.8 Å². The molecule has 0 aromatic carbocycles. The fourth-order valence-corrected chi connectivity index (χ4v) is 4.95. The number of rotatable bonds is 19. The molecule has 0 saturated carbocycles. The number of carbonyl (C=O) groups is 2. The minimum absolute atomic E-state index is 0.0394. The van der Waals surface area contributed by atoms with E-state index in [1.54, 1.807) is 0 Å². The van der Waals surface area contributed by atoms with Gasteiger partial charge in [-0.05, 0) is 12.8 Å². The summed E-state index contributed by atoms with van der Waals surface area (Å²) in [6.45, 7) is 2.01. The number of hydrogen-bond acceptors (Lipinski definition) is 13. The molecule has 9 atom stereocenters. The first-order valence-corrected chi connectivity index (χ1v) is 14.9. The van der Waals surface area contributed by atoms with Gasteiger partial charge in [-0.3, -0.25) is 9.59 Å². The molecule has 240 valence electrons. The molecule has 2 rings (SSSR count). The molecule has 0 unspecified atom stereocenters. The second-order valence-electron chi connectivity index (χ2n) is 10.9. The molecule has 0 aliphatic carbocycles. The lowest BCUT2D eigenvalue weighted by molar-refractivity contribution is -0.383. The Bertz CT molecular complexity index is 767. The molecule has 13 heteroatoms. The van der Waals surface area contributed by atoms with Crippen LogP contribution in [0.4, 0.5) is 0 Å². The van der Waals surface area contributed by atoms with Gasteiger partial charge in [-0.2, -0.15) is 0 Å².